The molecular weight excluding hydrogens is 220 g/mol. The van der Waals surface area contributed by atoms with Gasteiger partial charge in [-0.15, -0.1) is 11.3 Å². The molecule has 0 spiro atoms. The van der Waals surface area contributed by atoms with Crippen molar-refractivity contribution in [1.29, 1.82) is 0 Å². The summed E-state index contributed by atoms with van der Waals surface area (Å²) in [6.45, 7) is 9.10. The third-order valence-corrected chi connectivity index (χ3v) is 3.68. The molecule has 5 heteroatoms. The van der Waals surface area contributed by atoms with Gasteiger partial charge in [0.15, 0.2) is 5.13 Å². The summed E-state index contributed by atoms with van der Waals surface area (Å²) in [6.07, 6.45) is 1.25. The molecule has 0 aliphatic carbocycles. The standard InChI is InChI=1S/C11H20N4S/c1-2-3-14-4-6-15(7-5-14)8-10-9-16-11(12)13-10/h9H,2-8H2,1H3,(H2,12,13). The molecule has 0 amide bonds. The number of nitrogens with two attached hydrogens (primary N) is 1. The molecule has 0 bridgehead atoms. The monoisotopic (exact) mass is 240 g/mol. The molecule has 1 saturated heterocycles. The summed E-state index contributed by atoms with van der Waals surface area (Å²) in [7, 11) is 0. The Bertz CT molecular complexity index is 318. The highest BCUT2D eigenvalue weighted by molar-refractivity contribution is 7.13. The number of hydrogen-bond acceptors (Lipinski definition) is 5. The van der Waals surface area contributed by atoms with Crippen LogP contribution in [-0.2, 0) is 6.54 Å². The first-order chi connectivity index (χ1) is 7.78. The van der Waals surface area contributed by atoms with Crippen molar-refractivity contribution in [2.24, 2.45) is 0 Å². The van der Waals surface area contributed by atoms with Crippen LogP contribution in [0.3, 0.4) is 0 Å². The Morgan fingerprint density at radius 3 is 2.56 bits per heavy atom. The van der Waals surface area contributed by atoms with E-state index in [0.29, 0.717) is 5.13 Å². The Hall–Kier alpha value is -0.650. The molecule has 0 unspecified atom stereocenters. The van der Waals surface area contributed by atoms with Gasteiger partial charge in [-0.05, 0) is 13.0 Å². The predicted molar refractivity (Wildman–Crippen MR) is 68.5 cm³/mol. The normalized spacial score (nSPS) is 19.1. The summed E-state index contributed by atoms with van der Waals surface area (Å²) in [5.41, 5.74) is 6.74. The number of hydrogen-bond donors (Lipinski definition) is 1. The van der Waals surface area contributed by atoms with Gasteiger partial charge in [0.05, 0.1) is 5.69 Å². The van der Waals surface area contributed by atoms with Crippen molar-refractivity contribution >= 4 is 16.5 Å². The second kappa shape index (κ2) is 5.61. The van der Waals surface area contributed by atoms with Gasteiger partial charge in [-0.2, -0.15) is 0 Å². The fourth-order valence-corrected chi connectivity index (χ4v) is 2.67. The lowest BCUT2D eigenvalue weighted by Gasteiger charge is -2.34. The van der Waals surface area contributed by atoms with Crippen LogP contribution >= 0.6 is 11.3 Å². The number of nitrogens with zero attached hydrogens (tertiary/aromatic N) is 3. The van der Waals surface area contributed by atoms with Crippen LogP contribution in [0.2, 0.25) is 0 Å². The van der Waals surface area contributed by atoms with E-state index in [1.54, 1.807) is 0 Å². The number of thiazole rings is 1. The minimum absolute atomic E-state index is 0.680. The largest absolute Gasteiger partial charge is 0.375 e. The van der Waals surface area contributed by atoms with Crippen LogP contribution in [0.1, 0.15) is 19.0 Å². The van der Waals surface area contributed by atoms with E-state index in [1.807, 2.05) is 0 Å². The van der Waals surface area contributed by atoms with Gasteiger partial charge in [-0.25, -0.2) is 4.98 Å². The maximum atomic E-state index is 5.63. The molecule has 90 valence electrons. The molecule has 2 N–H and O–H groups in total. The third-order valence-electron chi connectivity index (χ3n) is 2.96. The Morgan fingerprint density at radius 1 is 1.31 bits per heavy atom. The quantitative estimate of drug-likeness (QED) is 0.860. The number of nitrogen functional groups attached to an aromatic ring is 1. The topological polar surface area (TPSA) is 45.4 Å². The molecule has 1 aromatic heterocycles. The van der Waals surface area contributed by atoms with E-state index in [4.69, 9.17) is 5.73 Å². The summed E-state index contributed by atoms with van der Waals surface area (Å²) in [4.78, 5) is 9.29. The molecule has 16 heavy (non-hydrogen) atoms. The number of anilines is 1. The predicted octanol–water partition coefficient (Wildman–Crippen LogP) is 1.25. The van der Waals surface area contributed by atoms with E-state index < -0.39 is 0 Å². The van der Waals surface area contributed by atoms with Crippen LogP contribution in [0.15, 0.2) is 5.38 Å². The second-order valence-corrected chi connectivity index (χ2v) is 5.18. The molecule has 0 saturated carbocycles. The van der Waals surface area contributed by atoms with E-state index >= 15 is 0 Å². The van der Waals surface area contributed by atoms with Gasteiger partial charge in [-0.3, -0.25) is 4.90 Å². The van der Waals surface area contributed by atoms with Crippen molar-refractivity contribution in [1.82, 2.24) is 14.8 Å². The molecule has 0 aromatic carbocycles. The summed E-state index contributed by atoms with van der Waals surface area (Å²) >= 11 is 1.53. The summed E-state index contributed by atoms with van der Waals surface area (Å²) in [6, 6.07) is 0. The van der Waals surface area contributed by atoms with Crippen LogP contribution in [0.5, 0.6) is 0 Å². The molecule has 0 radical (unpaired) electrons. The molecule has 4 nitrogen and oxygen atoms in total. The van der Waals surface area contributed by atoms with Crippen molar-refractivity contribution < 1.29 is 0 Å². The Kier molecular flexibility index (Phi) is 4.15. The van der Waals surface area contributed by atoms with Gasteiger partial charge in [0, 0.05) is 38.1 Å². The number of piperazine rings is 1. The average molecular weight is 240 g/mol. The molecule has 1 aliphatic heterocycles. The van der Waals surface area contributed by atoms with Crippen molar-refractivity contribution in [3.8, 4) is 0 Å². The maximum Gasteiger partial charge on any atom is 0.180 e. The minimum atomic E-state index is 0.680. The van der Waals surface area contributed by atoms with Crippen molar-refractivity contribution in [2.75, 3.05) is 38.5 Å². The average Bonchev–Trinajstić information content (AvgIpc) is 2.67. The van der Waals surface area contributed by atoms with Gasteiger partial charge >= 0.3 is 0 Å². The molecule has 1 aromatic rings. The van der Waals surface area contributed by atoms with Crippen LogP contribution in [0.4, 0.5) is 5.13 Å². The highest BCUT2D eigenvalue weighted by atomic mass is 32.1. The first-order valence-electron chi connectivity index (χ1n) is 5.92. The molecule has 1 fully saturated rings. The SMILES string of the molecule is CCCN1CCN(Cc2csc(N)n2)CC1. The van der Waals surface area contributed by atoms with Crippen molar-refractivity contribution in [3.63, 3.8) is 0 Å². The Labute approximate surface area is 101 Å². The van der Waals surface area contributed by atoms with Gasteiger partial charge in [-0.1, -0.05) is 6.92 Å². The second-order valence-electron chi connectivity index (χ2n) is 4.29. The summed E-state index contributed by atoms with van der Waals surface area (Å²) < 4.78 is 0. The van der Waals surface area contributed by atoms with Gasteiger partial charge in [0.25, 0.3) is 0 Å². The van der Waals surface area contributed by atoms with Gasteiger partial charge < -0.3 is 10.6 Å². The molecule has 2 heterocycles. The highest BCUT2D eigenvalue weighted by Gasteiger charge is 2.16. The zero-order valence-corrected chi connectivity index (χ0v) is 10.7. The van der Waals surface area contributed by atoms with Gasteiger partial charge in [0.1, 0.15) is 0 Å². The van der Waals surface area contributed by atoms with E-state index in [9.17, 15) is 0 Å². The molecule has 2 rings (SSSR count). The van der Waals surface area contributed by atoms with Crippen LogP contribution in [-0.4, -0.2) is 47.5 Å². The van der Waals surface area contributed by atoms with Crippen LogP contribution in [0.25, 0.3) is 0 Å². The van der Waals surface area contributed by atoms with E-state index in [0.717, 1.165) is 25.3 Å². The van der Waals surface area contributed by atoms with Gasteiger partial charge in [0.2, 0.25) is 0 Å². The van der Waals surface area contributed by atoms with E-state index in [2.05, 4.69) is 27.1 Å². The maximum absolute atomic E-state index is 5.63. The Balaban J connectivity index is 1.77. The lowest BCUT2D eigenvalue weighted by Crippen LogP contribution is -2.46. The van der Waals surface area contributed by atoms with Crippen molar-refractivity contribution in [2.45, 2.75) is 19.9 Å². The highest BCUT2D eigenvalue weighted by Crippen LogP contribution is 2.14. The number of aromatic nitrogens is 1. The third kappa shape index (κ3) is 3.17. The fraction of sp³-hybridized carbons (Fsp3) is 0.727. The van der Waals surface area contributed by atoms with Crippen LogP contribution < -0.4 is 5.73 Å². The summed E-state index contributed by atoms with van der Waals surface area (Å²) in [5, 5.41) is 2.74. The smallest absolute Gasteiger partial charge is 0.180 e. The lowest BCUT2D eigenvalue weighted by molar-refractivity contribution is 0.126. The molecule has 1 aliphatic rings. The first-order valence-corrected chi connectivity index (χ1v) is 6.80. The zero-order valence-electron chi connectivity index (χ0n) is 9.85. The lowest BCUT2D eigenvalue weighted by atomic mass is 10.3. The zero-order chi connectivity index (χ0) is 11.4. The summed E-state index contributed by atoms with van der Waals surface area (Å²) in [5.74, 6) is 0. The fourth-order valence-electron chi connectivity index (χ4n) is 2.11. The van der Waals surface area contributed by atoms with Crippen LogP contribution in [0, 0.1) is 0 Å². The van der Waals surface area contributed by atoms with E-state index in [-0.39, 0.29) is 0 Å². The van der Waals surface area contributed by atoms with Crippen molar-refractivity contribution in [3.05, 3.63) is 11.1 Å². The Morgan fingerprint density at radius 2 is 2.00 bits per heavy atom. The molecule has 0 atom stereocenters. The number of rotatable bonds is 4. The van der Waals surface area contributed by atoms with E-state index in [1.165, 1.54) is 37.4 Å². The first kappa shape index (κ1) is 11.8. The molecular formula is C11H20N4S. The minimum Gasteiger partial charge on any atom is -0.375 e.